The highest BCUT2D eigenvalue weighted by Crippen LogP contribution is 2.23. The topological polar surface area (TPSA) is 61.4 Å². The first-order valence-corrected chi connectivity index (χ1v) is 7.44. The lowest BCUT2D eigenvalue weighted by Gasteiger charge is -2.29. The van der Waals surface area contributed by atoms with E-state index < -0.39 is 0 Å². The van der Waals surface area contributed by atoms with Crippen LogP contribution in [-0.4, -0.2) is 36.8 Å². The third-order valence-corrected chi connectivity index (χ3v) is 4.35. The van der Waals surface area contributed by atoms with Crippen molar-refractivity contribution in [1.82, 2.24) is 10.6 Å². The quantitative estimate of drug-likeness (QED) is 0.660. The molecule has 104 valence electrons. The molecule has 1 saturated heterocycles. The molecule has 0 spiro atoms. The molecule has 1 aliphatic heterocycles. The molecule has 0 radical (unpaired) electrons. The number of carbonyl (C=O) groups is 1. The van der Waals surface area contributed by atoms with Crippen molar-refractivity contribution in [2.75, 3.05) is 19.6 Å². The van der Waals surface area contributed by atoms with Gasteiger partial charge in [-0.2, -0.15) is 0 Å². The zero-order valence-corrected chi connectivity index (χ0v) is 11.2. The Morgan fingerprint density at radius 3 is 2.56 bits per heavy atom. The van der Waals surface area contributed by atoms with E-state index in [1.807, 2.05) is 0 Å². The second kappa shape index (κ2) is 7.10. The number of piperidine rings is 1. The summed E-state index contributed by atoms with van der Waals surface area (Å²) in [6.45, 7) is 2.24. The SMILES string of the molecule is O=C(NC[C@@H]1CCNC[C@H]1O)C1CCCCCC1. The van der Waals surface area contributed by atoms with Crippen LogP contribution in [0, 0.1) is 11.8 Å². The van der Waals surface area contributed by atoms with Gasteiger partial charge in [0, 0.05) is 24.9 Å². The normalized spacial score (nSPS) is 30.7. The smallest absolute Gasteiger partial charge is 0.223 e. The summed E-state index contributed by atoms with van der Waals surface area (Å²) >= 11 is 0. The van der Waals surface area contributed by atoms with Gasteiger partial charge in [0.2, 0.25) is 5.91 Å². The molecule has 2 aliphatic rings. The van der Waals surface area contributed by atoms with Gasteiger partial charge >= 0.3 is 0 Å². The van der Waals surface area contributed by atoms with Crippen molar-refractivity contribution in [3.8, 4) is 0 Å². The summed E-state index contributed by atoms with van der Waals surface area (Å²) in [6, 6.07) is 0. The maximum absolute atomic E-state index is 12.1. The third-order valence-electron chi connectivity index (χ3n) is 4.35. The largest absolute Gasteiger partial charge is 0.391 e. The second-order valence-electron chi connectivity index (χ2n) is 5.75. The van der Waals surface area contributed by atoms with Gasteiger partial charge in [0.1, 0.15) is 0 Å². The molecule has 1 heterocycles. The average molecular weight is 254 g/mol. The lowest BCUT2D eigenvalue weighted by molar-refractivity contribution is -0.125. The number of rotatable bonds is 3. The van der Waals surface area contributed by atoms with Crippen molar-refractivity contribution in [2.24, 2.45) is 11.8 Å². The average Bonchev–Trinajstić information content (AvgIpc) is 2.66. The Labute approximate surface area is 110 Å². The number of aliphatic hydroxyl groups is 1. The van der Waals surface area contributed by atoms with Crippen LogP contribution in [0.5, 0.6) is 0 Å². The Balaban J connectivity index is 1.72. The van der Waals surface area contributed by atoms with Crippen LogP contribution in [0.4, 0.5) is 0 Å². The minimum atomic E-state index is -0.312. The summed E-state index contributed by atoms with van der Waals surface area (Å²) in [5.41, 5.74) is 0. The maximum Gasteiger partial charge on any atom is 0.223 e. The maximum atomic E-state index is 12.1. The van der Waals surface area contributed by atoms with E-state index in [4.69, 9.17) is 0 Å². The van der Waals surface area contributed by atoms with Crippen LogP contribution in [0.25, 0.3) is 0 Å². The van der Waals surface area contributed by atoms with Crippen LogP contribution in [-0.2, 0) is 4.79 Å². The number of aliphatic hydroxyl groups excluding tert-OH is 1. The van der Waals surface area contributed by atoms with Gasteiger partial charge in [-0.25, -0.2) is 0 Å². The molecule has 2 fully saturated rings. The molecule has 18 heavy (non-hydrogen) atoms. The van der Waals surface area contributed by atoms with Crippen LogP contribution in [0.15, 0.2) is 0 Å². The molecule has 1 saturated carbocycles. The van der Waals surface area contributed by atoms with E-state index in [1.165, 1.54) is 25.7 Å². The highest BCUT2D eigenvalue weighted by molar-refractivity contribution is 5.78. The number of amides is 1. The first-order valence-electron chi connectivity index (χ1n) is 7.44. The van der Waals surface area contributed by atoms with Crippen LogP contribution >= 0.6 is 0 Å². The minimum Gasteiger partial charge on any atom is -0.391 e. The van der Waals surface area contributed by atoms with Gasteiger partial charge in [-0.3, -0.25) is 4.79 Å². The summed E-state index contributed by atoms with van der Waals surface area (Å²) in [6.07, 6.45) is 7.65. The molecule has 1 amide bonds. The molecule has 4 heteroatoms. The standard InChI is InChI=1S/C14H26N2O2/c17-13-10-15-8-7-12(13)9-16-14(18)11-5-3-1-2-4-6-11/h11-13,15,17H,1-10H2,(H,16,18)/t12-,13+/m0/s1. The number of hydrogen-bond donors (Lipinski definition) is 3. The van der Waals surface area contributed by atoms with Crippen LogP contribution in [0.2, 0.25) is 0 Å². The van der Waals surface area contributed by atoms with E-state index >= 15 is 0 Å². The van der Waals surface area contributed by atoms with E-state index in [1.54, 1.807) is 0 Å². The first-order chi connectivity index (χ1) is 8.77. The Bertz CT molecular complexity index is 263. The number of carbonyl (C=O) groups excluding carboxylic acids is 1. The van der Waals surface area contributed by atoms with E-state index in [2.05, 4.69) is 10.6 Å². The van der Waals surface area contributed by atoms with Gasteiger partial charge in [-0.05, 0) is 25.8 Å². The molecular weight excluding hydrogens is 228 g/mol. The summed E-state index contributed by atoms with van der Waals surface area (Å²) in [5.74, 6) is 0.648. The molecule has 0 aromatic carbocycles. The predicted octanol–water partition coefficient (Wildman–Crippen LogP) is 1.04. The number of β-amino-alcohol motifs (C(OH)–C–C–N with tert-alkyl or cyclic N) is 1. The molecule has 0 aromatic rings. The fraction of sp³-hybridized carbons (Fsp3) is 0.929. The van der Waals surface area contributed by atoms with Crippen LogP contribution in [0.3, 0.4) is 0 Å². The molecule has 0 unspecified atom stereocenters. The van der Waals surface area contributed by atoms with Crippen molar-refractivity contribution < 1.29 is 9.90 Å². The second-order valence-corrected chi connectivity index (χ2v) is 5.75. The lowest BCUT2D eigenvalue weighted by atomic mass is 9.94. The zero-order chi connectivity index (χ0) is 12.8. The molecule has 3 N–H and O–H groups in total. The predicted molar refractivity (Wildman–Crippen MR) is 71.2 cm³/mol. The lowest BCUT2D eigenvalue weighted by Crippen LogP contribution is -2.46. The van der Waals surface area contributed by atoms with Crippen LogP contribution < -0.4 is 10.6 Å². The van der Waals surface area contributed by atoms with Crippen molar-refractivity contribution in [2.45, 2.75) is 51.0 Å². The molecule has 0 aromatic heterocycles. The highest BCUT2D eigenvalue weighted by Gasteiger charge is 2.25. The highest BCUT2D eigenvalue weighted by atomic mass is 16.3. The summed E-state index contributed by atoms with van der Waals surface area (Å²) in [4.78, 5) is 12.1. The minimum absolute atomic E-state index is 0.211. The van der Waals surface area contributed by atoms with Gasteiger partial charge in [0.25, 0.3) is 0 Å². The number of nitrogens with one attached hydrogen (secondary N) is 2. The van der Waals surface area contributed by atoms with Crippen molar-refractivity contribution in [1.29, 1.82) is 0 Å². The van der Waals surface area contributed by atoms with E-state index in [-0.39, 0.29) is 23.8 Å². The Morgan fingerprint density at radius 2 is 1.89 bits per heavy atom. The molecule has 2 rings (SSSR count). The monoisotopic (exact) mass is 254 g/mol. The summed E-state index contributed by atoms with van der Waals surface area (Å²) < 4.78 is 0. The molecule has 1 aliphatic carbocycles. The van der Waals surface area contributed by atoms with Gasteiger partial charge < -0.3 is 15.7 Å². The van der Waals surface area contributed by atoms with E-state index in [0.29, 0.717) is 13.1 Å². The van der Waals surface area contributed by atoms with Gasteiger partial charge in [-0.1, -0.05) is 25.7 Å². The molecule has 4 nitrogen and oxygen atoms in total. The van der Waals surface area contributed by atoms with Crippen molar-refractivity contribution >= 4 is 5.91 Å². The van der Waals surface area contributed by atoms with Crippen molar-refractivity contribution in [3.63, 3.8) is 0 Å². The fourth-order valence-electron chi connectivity index (χ4n) is 3.05. The fourth-order valence-corrected chi connectivity index (χ4v) is 3.05. The Kier molecular flexibility index (Phi) is 5.45. The van der Waals surface area contributed by atoms with E-state index in [9.17, 15) is 9.90 Å². The molecule has 2 atom stereocenters. The zero-order valence-electron chi connectivity index (χ0n) is 11.2. The van der Waals surface area contributed by atoms with Gasteiger partial charge in [0.05, 0.1) is 6.10 Å². The summed E-state index contributed by atoms with van der Waals surface area (Å²) in [7, 11) is 0. The molecule has 0 bridgehead atoms. The third kappa shape index (κ3) is 3.95. The van der Waals surface area contributed by atoms with Gasteiger partial charge in [0.15, 0.2) is 0 Å². The van der Waals surface area contributed by atoms with Crippen LogP contribution in [0.1, 0.15) is 44.9 Å². The first kappa shape index (κ1) is 13.8. The van der Waals surface area contributed by atoms with Crippen molar-refractivity contribution in [3.05, 3.63) is 0 Å². The Morgan fingerprint density at radius 1 is 1.17 bits per heavy atom. The summed E-state index contributed by atoms with van der Waals surface area (Å²) in [5, 5.41) is 16.0. The van der Waals surface area contributed by atoms with E-state index in [0.717, 1.165) is 25.8 Å². The van der Waals surface area contributed by atoms with Gasteiger partial charge in [-0.15, -0.1) is 0 Å². The number of hydrogen-bond acceptors (Lipinski definition) is 3. The molecular formula is C14H26N2O2. The Hall–Kier alpha value is -0.610.